The highest BCUT2D eigenvalue weighted by Gasteiger charge is 2.16. The average molecular weight is 523 g/mol. The Morgan fingerprint density at radius 2 is 1.63 bits per heavy atom. The van der Waals surface area contributed by atoms with Gasteiger partial charge < -0.3 is 35.1 Å². The van der Waals surface area contributed by atoms with Crippen molar-refractivity contribution in [3.05, 3.63) is 70.0 Å². The number of aromatic nitrogens is 1. The van der Waals surface area contributed by atoms with Crippen LogP contribution >= 0.6 is 0 Å². The van der Waals surface area contributed by atoms with Crippen molar-refractivity contribution < 1.29 is 23.8 Å². The Kier molecular flexibility index (Phi) is 8.67. The van der Waals surface area contributed by atoms with Crippen LogP contribution in [0.2, 0.25) is 0 Å². The summed E-state index contributed by atoms with van der Waals surface area (Å²) in [4.78, 5) is 40.1. The molecule has 0 radical (unpaired) electrons. The van der Waals surface area contributed by atoms with Crippen LogP contribution in [0.1, 0.15) is 42.3 Å². The summed E-state index contributed by atoms with van der Waals surface area (Å²) >= 11 is 0. The number of carbonyl (C=O) groups excluding carboxylic acids is 2. The fourth-order valence-corrected chi connectivity index (χ4v) is 3.64. The number of nitrogens with one attached hydrogen (secondary N) is 4. The minimum absolute atomic E-state index is 0.218. The lowest BCUT2D eigenvalue weighted by Crippen LogP contribution is -2.37. The molecule has 0 atom stereocenters. The maximum absolute atomic E-state index is 12.8. The molecule has 0 unspecified atom stereocenters. The van der Waals surface area contributed by atoms with Gasteiger partial charge in [-0.1, -0.05) is 12.6 Å². The molecule has 3 aromatic rings. The number of carbonyl (C=O) groups is 2. The van der Waals surface area contributed by atoms with Gasteiger partial charge in [-0.2, -0.15) is 0 Å². The molecular weight excluding hydrogens is 488 g/mol. The molecule has 4 N–H and O–H groups in total. The van der Waals surface area contributed by atoms with Gasteiger partial charge in [0, 0.05) is 41.5 Å². The Hall–Kier alpha value is -4.47. The Morgan fingerprint density at radius 3 is 2.29 bits per heavy atom. The molecule has 3 rings (SSSR count). The van der Waals surface area contributed by atoms with E-state index in [2.05, 4.69) is 27.5 Å². The van der Waals surface area contributed by atoms with Crippen LogP contribution in [-0.4, -0.2) is 49.9 Å². The molecule has 1 heterocycles. The summed E-state index contributed by atoms with van der Waals surface area (Å²) in [5.74, 6) is 0.730. The van der Waals surface area contributed by atoms with Crippen molar-refractivity contribution in [3.63, 3.8) is 0 Å². The Labute approximate surface area is 221 Å². The van der Waals surface area contributed by atoms with E-state index in [1.165, 1.54) is 7.11 Å². The molecule has 1 aromatic heterocycles. The smallest absolute Gasteiger partial charge is 0.407 e. The molecular formula is C28H34N4O6. The number of H-pyrrole nitrogens is 1. The summed E-state index contributed by atoms with van der Waals surface area (Å²) in [7, 11) is 3.07. The third-order valence-corrected chi connectivity index (χ3v) is 5.54. The van der Waals surface area contributed by atoms with Crippen LogP contribution in [-0.2, 0) is 4.74 Å². The van der Waals surface area contributed by atoms with Crippen LogP contribution in [0, 0.1) is 6.92 Å². The molecule has 2 amide bonds. The molecule has 202 valence electrons. The lowest BCUT2D eigenvalue weighted by Gasteiger charge is -2.19. The highest BCUT2D eigenvalue weighted by atomic mass is 16.6. The van der Waals surface area contributed by atoms with Crippen molar-refractivity contribution in [2.75, 3.05) is 32.6 Å². The standard InChI is InChI=1S/C28H34N4O6/c1-16-8-9-18(25(33)29-10-11-30-27(35)38-28(3,4)5)13-21(16)31-17(2)20-12-19-14-23(36-6)24(37-7)15-22(19)32-26(20)34/h8-9,12-15,31H,2,10-11H2,1,3-7H3,(H,29,33)(H,30,35)(H,32,34). The predicted octanol–water partition coefficient (Wildman–Crippen LogP) is 4.19. The second-order valence-corrected chi connectivity index (χ2v) is 9.62. The number of pyridine rings is 1. The minimum atomic E-state index is -0.596. The van der Waals surface area contributed by atoms with Crippen molar-refractivity contribution in [2.24, 2.45) is 0 Å². The van der Waals surface area contributed by atoms with E-state index < -0.39 is 11.7 Å². The molecule has 0 saturated heterocycles. The number of alkyl carbamates (subject to hydrolysis) is 1. The van der Waals surface area contributed by atoms with Gasteiger partial charge in [0.25, 0.3) is 11.5 Å². The molecule has 38 heavy (non-hydrogen) atoms. The maximum Gasteiger partial charge on any atom is 0.407 e. The van der Waals surface area contributed by atoms with Gasteiger partial charge in [-0.25, -0.2) is 4.79 Å². The van der Waals surface area contributed by atoms with E-state index in [0.717, 1.165) is 10.9 Å². The van der Waals surface area contributed by atoms with Crippen molar-refractivity contribution in [2.45, 2.75) is 33.3 Å². The number of ether oxygens (including phenoxy) is 3. The highest BCUT2D eigenvalue weighted by Crippen LogP contribution is 2.31. The summed E-state index contributed by atoms with van der Waals surface area (Å²) in [6.45, 7) is 11.7. The number of rotatable bonds is 9. The van der Waals surface area contributed by atoms with Gasteiger partial charge in [-0.3, -0.25) is 9.59 Å². The van der Waals surface area contributed by atoms with E-state index >= 15 is 0 Å². The topological polar surface area (TPSA) is 131 Å². The van der Waals surface area contributed by atoms with Gasteiger partial charge in [0.1, 0.15) is 5.60 Å². The van der Waals surface area contributed by atoms with Crippen LogP contribution < -0.4 is 31.0 Å². The molecule has 10 heteroatoms. The van der Waals surface area contributed by atoms with Gasteiger partial charge >= 0.3 is 6.09 Å². The first-order valence-corrected chi connectivity index (χ1v) is 12.0. The number of amides is 2. The molecule has 0 bridgehead atoms. The van der Waals surface area contributed by atoms with Gasteiger partial charge in [0.2, 0.25) is 0 Å². The van der Waals surface area contributed by atoms with Gasteiger partial charge in [0.05, 0.1) is 25.3 Å². The Morgan fingerprint density at radius 1 is 0.974 bits per heavy atom. The van der Waals surface area contributed by atoms with E-state index in [1.54, 1.807) is 64.3 Å². The van der Waals surface area contributed by atoms with Gasteiger partial charge in [-0.15, -0.1) is 0 Å². The fourth-order valence-electron chi connectivity index (χ4n) is 3.64. The lowest BCUT2D eigenvalue weighted by atomic mass is 10.1. The Bertz CT molecular complexity index is 1420. The third-order valence-electron chi connectivity index (χ3n) is 5.54. The largest absolute Gasteiger partial charge is 0.493 e. The Balaban J connectivity index is 1.71. The first kappa shape index (κ1) is 28.1. The number of fused-ring (bicyclic) bond motifs is 1. The van der Waals surface area contributed by atoms with E-state index in [0.29, 0.717) is 39.5 Å². The number of methoxy groups -OCH3 is 2. The average Bonchev–Trinajstić information content (AvgIpc) is 2.85. The van der Waals surface area contributed by atoms with E-state index in [9.17, 15) is 14.4 Å². The monoisotopic (exact) mass is 522 g/mol. The number of anilines is 1. The van der Waals surface area contributed by atoms with Crippen LogP contribution in [0.4, 0.5) is 10.5 Å². The zero-order valence-corrected chi connectivity index (χ0v) is 22.5. The zero-order chi connectivity index (χ0) is 28.0. The SMILES string of the molecule is C=C(Nc1cc(C(=O)NCCNC(=O)OC(C)(C)C)ccc1C)c1cc2cc(OC)c(OC)cc2[nH]c1=O. The molecule has 0 aliphatic carbocycles. The number of aromatic amines is 1. The zero-order valence-electron chi connectivity index (χ0n) is 22.5. The van der Waals surface area contributed by atoms with Crippen molar-refractivity contribution in [3.8, 4) is 11.5 Å². The number of aryl methyl sites for hydroxylation is 1. The normalized spacial score (nSPS) is 11.0. The van der Waals surface area contributed by atoms with E-state index in [-0.39, 0.29) is 24.6 Å². The predicted molar refractivity (Wildman–Crippen MR) is 148 cm³/mol. The second-order valence-electron chi connectivity index (χ2n) is 9.62. The summed E-state index contributed by atoms with van der Waals surface area (Å²) in [5.41, 5.74) is 2.27. The molecule has 10 nitrogen and oxygen atoms in total. The molecule has 0 saturated carbocycles. The molecule has 0 spiro atoms. The highest BCUT2D eigenvalue weighted by molar-refractivity contribution is 5.96. The second kappa shape index (κ2) is 11.7. The number of hydrogen-bond acceptors (Lipinski definition) is 7. The van der Waals surface area contributed by atoms with Gasteiger partial charge in [-0.05, 0) is 57.5 Å². The number of benzene rings is 2. The summed E-state index contributed by atoms with van der Waals surface area (Å²) < 4.78 is 15.8. The lowest BCUT2D eigenvalue weighted by molar-refractivity contribution is 0.0526. The quantitative estimate of drug-likeness (QED) is 0.310. The first-order valence-electron chi connectivity index (χ1n) is 12.0. The van der Waals surface area contributed by atoms with Crippen LogP contribution in [0.5, 0.6) is 11.5 Å². The molecule has 0 fully saturated rings. The van der Waals surface area contributed by atoms with Crippen molar-refractivity contribution in [1.29, 1.82) is 0 Å². The number of hydrogen-bond donors (Lipinski definition) is 4. The first-order chi connectivity index (χ1) is 17.9. The van der Waals surface area contributed by atoms with Crippen molar-refractivity contribution >= 4 is 34.3 Å². The molecule has 0 aliphatic rings. The molecule has 2 aromatic carbocycles. The summed E-state index contributed by atoms with van der Waals surface area (Å²) in [5, 5.41) is 9.26. The van der Waals surface area contributed by atoms with E-state index in [4.69, 9.17) is 14.2 Å². The third kappa shape index (κ3) is 7.06. The van der Waals surface area contributed by atoms with Gasteiger partial charge in [0.15, 0.2) is 11.5 Å². The van der Waals surface area contributed by atoms with E-state index in [1.807, 2.05) is 6.92 Å². The van der Waals surface area contributed by atoms with Crippen molar-refractivity contribution in [1.82, 2.24) is 15.6 Å². The maximum atomic E-state index is 12.8. The summed E-state index contributed by atoms with van der Waals surface area (Å²) in [6, 6.07) is 10.4. The summed E-state index contributed by atoms with van der Waals surface area (Å²) in [6.07, 6.45) is -0.548. The van der Waals surface area contributed by atoms with Crippen LogP contribution in [0.25, 0.3) is 16.6 Å². The van der Waals surface area contributed by atoms with Crippen LogP contribution in [0.15, 0.2) is 47.8 Å². The minimum Gasteiger partial charge on any atom is -0.493 e. The fraction of sp³-hybridized carbons (Fsp3) is 0.321. The van der Waals surface area contributed by atoms with Crippen LogP contribution in [0.3, 0.4) is 0 Å². The molecule has 0 aliphatic heterocycles.